The normalized spacial score (nSPS) is 20.5. The molecule has 2 rings (SSSR count). The second kappa shape index (κ2) is 8.04. The van der Waals surface area contributed by atoms with Crippen LogP contribution in [-0.2, 0) is 4.79 Å². The Labute approximate surface area is 142 Å². The van der Waals surface area contributed by atoms with Gasteiger partial charge in [0, 0.05) is 18.2 Å². The van der Waals surface area contributed by atoms with Crippen molar-refractivity contribution in [3.63, 3.8) is 0 Å². The van der Waals surface area contributed by atoms with Crippen LogP contribution < -0.4 is 9.47 Å². The van der Waals surface area contributed by atoms with E-state index in [-0.39, 0.29) is 11.9 Å². The molecule has 6 nitrogen and oxygen atoms in total. The maximum Gasteiger partial charge on any atom is 0.308 e. The number of carbonyl (C=O) groups excluding carboxylic acids is 1. The average molecular weight is 335 g/mol. The zero-order valence-electron chi connectivity index (χ0n) is 14.4. The Morgan fingerprint density at radius 2 is 1.88 bits per heavy atom. The fraction of sp³-hybridized carbons (Fsp3) is 0.556. The summed E-state index contributed by atoms with van der Waals surface area (Å²) in [7, 11) is 0. The third-order valence-corrected chi connectivity index (χ3v) is 4.36. The van der Waals surface area contributed by atoms with Crippen molar-refractivity contribution in [2.45, 2.75) is 39.7 Å². The molecule has 1 saturated heterocycles. The number of ether oxygens (including phenoxy) is 2. The van der Waals surface area contributed by atoms with Gasteiger partial charge in [0.2, 0.25) is 0 Å². The van der Waals surface area contributed by atoms with Gasteiger partial charge >= 0.3 is 5.97 Å². The molecule has 0 radical (unpaired) electrons. The van der Waals surface area contributed by atoms with Gasteiger partial charge in [-0.25, -0.2) is 0 Å². The largest absolute Gasteiger partial charge is 0.490 e. The molecule has 6 heteroatoms. The van der Waals surface area contributed by atoms with Crippen molar-refractivity contribution in [3.8, 4) is 11.5 Å². The predicted octanol–water partition coefficient (Wildman–Crippen LogP) is 2.81. The highest BCUT2D eigenvalue weighted by Crippen LogP contribution is 2.31. The lowest BCUT2D eigenvalue weighted by Crippen LogP contribution is -2.49. The smallest absolute Gasteiger partial charge is 0.308 e. The first-order chi connectivity index (χ1) is 11.5. The highest BCUT2D eigenvalue weighted by atomic mass is 16.5. The first kappa shape index (κ1) is 18.1. The van der Waals surface area contributed by atoms with E-state index in [2.05, 4.69) is 0 Å². The summed E-state index contributed by atoms with van der Waals surface area (Å²) in [4.78, 5) is 25.8. The van der Waals surface area contributed by atoms with E-state index in [9.17, 15) is 14.7 Å². The Balaban J connectivity index is 2.25. The minimum absolute atomic E-state index is 0.169. The van der Waals surface area contributed by atoms with E-state index >= 15 is 0 Å². The first-order valence-corrected chi connectivity index (χ1v) is 8.43. The number of benzene rings is 1. The highest BCUT2D eigenvalue weighted by molar-refractivity contribution is 5.95. The van der Waals surface area contributed by atoms with Crippen LogP contribution in [0.4, 0.5) is 0 Å². The van der Waals surface area contributed by atoms with Gasteiger partial charge in [0.15, 0.2) is 11.5 Å². The maximum absolute atomic E-state index is 12.8. The molecule has 1 aliphatic heterocycles. The monoisotopic (exact) mass is 335 g/mol. The van der Waals surface area contributed by atoms with Crippen LogP contribution >= 0.6 is 0 Å². The van der Waals surface area contributed by atoms with E-state index < -0.39 is 11.9 Å². The van der Waals surface area contributed by atoms with E-state index in [0.717, 1.165) is 0 Å². The summed E-state index contributed by atoms with van der Waals surface area (Å²) in [6.07, 6.45) is 1.30. The van der Waals surface area contributed by atoms with Crippen molar-refractivity contribution in [2.75, 3.05) is 19.8 Å². The fourth-order valence-corrected chi connectivity index (χ4v) is 3.11. The number of aliphatic carboxylic acids is 1. The summed E-state index contributed by atoms with van der Waals surface area (Å²) < 4.78 is 11.1. The molecular weight excluding hydrogens is 310 g/mol. The summed E-state index contributed by atoms with van der Waals surface area (Å²) in [6, 6.07) is 4.78. The number of amides is 1. The van der Waals surface area contributed by atoms with E-state index in [0.29, 0.717) is 49.7 Å². The van der Waals surface area contributed by atoms with Crippen LogP contribution in [0.2, 0.25) is 0 Å². The maximum atomic E-state index is 12.8. The molecule has 0 bridgehead atoms. The minimum atomic E-state index is -0.846. The lowest BCUT2D eigenvalue weighted by molar-refractivity contribution is -0.144. The van der Waals surface area contributed by atoms with Gasteiger partial charge in [-0.15, -0.1) is 0 Å². The van der Waals surface area contributed by atoms with Crippen LogP contribution in [0.5, 0.6) is 11.5 Å². The molecule has 1 aliphatic rings. The molecule has 1 heterocycles. The highest BCUT2D eigenvalue weighted by Gasteiger charge is 2.35. The van der Waals surface area contributed by atoms with Crippen molar-refractivity contribution in [2.24, 2.45) is 5.92 Å². The molecule has 1 aromatic carbocycles. The van der Waals surface area contributed by atoms with E-state index in [1.807, 2.05) is 13.8 Å². The van der Waals surface area contributed by atoms with Gasteiger partial charge in [-0.3, -0.25) is 9.59 Å². The van der Waals surface area contributed by atoms with Crippen molar-refractivity contribution >= 4 is 11.9 Å². The number of likely N-dealkylation sites (tertiary alicyclic amines) is 1. The molecular formula is C18H25NO5. The second-order valence-electron chi connectivity index (χ2n) is 5.85. The Morgan fingerprint density at radius 3 is 2.50 bits per heavy atom. The number of piperidine rings is 1. The molecule has 1 amide bonds. The third-order valence-electron chi connectivity index (χ3n) is 4.36. The van der Waals surface area contributed by atoms with Gasteiger partial charge in [0.25, 0.3) is 5.91 Å². The number of hydrogen-bond acceptors (Lipinski definition) is 4. The molecule has 0 unspecified atom stereocenters. The van der Waals surface area contributed by atoms with Crippen molar-refractivity contribution in [1.29, 1.82) is 0 Å². The minimum Gasteiger partial charge on any atom is -0.490 e. The molecule has 2 atom stereocenters. The molecule has 0 aliphatic carbocycles. The van der Waals surface area contributed by atoms with E-state index in [4.69, 9.17) is 9.47 Å². The van der Waals surface area contributed by atoms with Gasteiger partial charge in [-0.2, -0.15) is 0 Å². The number of carbonyl (C=O) groups is 2. The van der Waals surface area contributed by atoms with Gasteiger partial charge in [-0.05, 0) is 51.8 Å². The molecule has 1 fully saturated rings. The predicted molar refractivity (Wildman–Crippen MR) is 89.6 cm³/mol. The number of hydrogen-bond donors (Lipinski definition) is 1. The quantitative estimate of drug-likeness (QED) is 0.865. The zero-order chi connectivity index (χ0) is 17.7. The topological polar surface area (TPSA) is 76.1 Å². The van der Waals surface area contributed by atoms with Crippen LogP contribution in [-0.4, -0.2) is 47.7 Å². The van der Waals surface area contributed by atoms with Crippen molar-refractivity contribution in [1.82, 2.24) is 4.90 Å². The molecule has 24 heavy (non-hydrogen) atoms. The standard InChI is InChI=1S/C18H25NO5/c1-4-23-15-9-8-13(11-16(15)24-5-2)17(20)19-10-6-7-14(12(19)3)18(21)22/h8-9,11-12,14H,4-7,10H2,1-3H3,(H,21,22)/t12-,14-/m0/s1. The number of nitrogens with zero attached hydrogens (tertiary/aromatic N) is 1. The van der Waals surface area contributed by atoms with E-state index in [1.54, 1.807) is 30.0 Å². The van der Waals surface area contributed by atoms with Crippen LogP contribution in [0, 0.1) is 5.92 Å². The molecule has 0 spiro atoms. The Bertz CT molecular complexity index is 601. The number of rotatable bonds is 6. The molecule has 0 saturated carbocycles. The average Bonchev–Trinajstić information content (AvgIpc) is 2.56. The Morgan fingerprint density at radius 1 is 1.21 bits per heavy atom. The number of carboxylic acids is 1. The molecule has 0 aromatic heterocycles. The fourth-order valence-electron chi connectivity index (χ4n) is 3.11. The van der Waals surface area contributed by atoms with Gasteiger partial charge in [-0.1, -0.05) is 0 Å². The van der Waals surface area contributed by atoms with Crippen molar-refractivity contribution < 1.29 is 24.2 Å². The van der Waals surface area contributed by atoms with Crippen LogP contribution in [0.25, 0.3) is 0 Å². The van der Waals surface area contributed by atoms with Crippen LogP contribution in [0.3, 0.4) is 0 Å². The van der Waals surface area contributed by atoms with Gasteiger partial charge in [0.05, 0.1) is 19.1 Å². The first-order valence-electron chi connectivity index (χ1n) is 8.43. The summed E-state index contributed by atoms with van der Waals surface area (Å²) >= 11 is 0. The third kappa shape index (κ3) is 3.80. The van der Waals surface area contributed by atoms with Crippen LogP contribution in [0.1, 0.15) is 44.0 Å². The zero-order valence-corrected chi connectivity index (χ0v) is 14.4. The molecule has 1 aromatic rings. The Hall–Kier alpha value is -2.24. The Kier molecular flexibility index (Phi) is 6.06. The molecule has 132 valence electrons. The summed E-state index contributed by atoms with van der Waals surface area (Å²) in [6.45, 7) is 7.11. The number of carboxylic acid groups (broad SMARTS) is 1. The van der Waals surface area contributed by atoms with E-state index in [1.165, 1.54) is 0 Å². The van der Waals surface area contributed by atoms with Crippen molar-refractivity contribution in [3.05, 3.63) is 23.8 Å². The molecule has 1 N–H and O–H groups in total. The lowest BCUT2D eigenvalue weighted by atomic mass is 9.90. The van der Waals surface area contributed by atoms with Gasteiger partial charge in [0.1, 0.15) is 0 Å². The lowest BCUT2D eigenvalue weighted by Gasteiger charge is -2.37. The second-order valence-corrected chi connectivity index (χ2v) is 5.85. The summed E-state index contributed by atoms with van der Waals surface area (Å²) in [5.41, 5.74) is 0.486. The van der Waals surface area contributed by atoms with Gasteiger partial charge < -0.3 is 19.5 Å². The SMILES string of the molecule is CCOc1ccc(C(=O)N2CCC[C@H](C(=O)O)[C@@H]2C)cc1OCC. The summed E-state index contributed by atoms with van der Waals surface area (Å²) in [5.74, 6) is -0.397. The summed E-state index contributed by atoms with van der Waals surface area (Å²) in [5, 5.41) is 9.31. The van der Waals surface area contributed by atoms with Crippen LogP contribution in [0.15, 0.2) is 18.2 Å².